The van der Waals surface area contributed by atoms with E-state index >= 15 is 0 Å². The van der Waals surface area contributed by atoms with E-state index in [-0.39, 0.29) is 0 Å². The highest BCUT2D eigenvalue weighted by atomic mass is 16.4. The quantitative estimate of drug-likeness (QED) is 0.817. The Bertz CT molecular complexity index is 697. The van der Waals surface area contributed by atoms with E-state index < -0.39 is 0 Å². The maximum atomic E-state index is 6.07. The van der Waals surface area contributed by atoms with Crippen molar-refractivity contribution in [3.63, 3.8) is 0 Å². The van der Waals surface area contributed by atoms with Crippen LogP contribution in [0.2, 0.25) is 0 Å². The summed E-state index contributed by atoms with van der Waals surface area (Å²) in [7, 11) is 0. The third-order valence-electron chi connectivity index (χ3n) is 6.53. The van der Waals surface area contributed by atoms with Gasteiger partial charge in [-0.25, -0.2) is 0 Å². The lowest BCUT2D eigenvalue weighted by molar-refractivity contribution is -0.0550. The maximum Gasteiger partial charge on any atom is 0.247 e. The van der Waals surface area contributed by atoms with Gasteiger partial charge in [-0.1, -0.05) is 18.2 Å². The predicted octanol–water partition coefficient (Wildman–Crippen LogP) is 4.80. The molecule has 1 heterocycles. The molecule has 0 aliphatic heterocycles. The van der Waals surface area contributed by atoms with Gasteiger partial charge < -0.3 is 4.42 Å². The van der Waals surface area contributed by atoms with Crippen LogP contribution in [0, 0.1) is 30.1 Å². The molecular formula is C20H24N2O. The highest BCUT2D eigenvalue weighted by Gasteiger charge is 2.51. The monoisotopic (exact) mass is 308 g/mol. The molecule has 120 valence electrons. The lowest BCUT2D eigenvalue weighted by atomic mass is 9.49. The Morgan fingerprint density at radius 1 is 1.00 bits per heavy atom. The number of nitrogens with zero attached hydrogens (tertiary/aromatic N) is 2. The van der Waals surface area contributed by atoms with Crippen LogP contribution in [0.1, 0.15) is 50.0 Å². The summed E-state index contributed by atoms with van der Waals surface area (Å²) in [6.07, 6.45) is 9.62. The Balaban J connectivity index is 1.41. The van der Waals surface area contributed by atoms with Gasteiger partial charge in [0.2, 0.25) is 11.8 Å². The molecule has 4 saturated carbocycles. The number of rotatable bonds is 3. The lowest BCUT2D eigenvalue weighted by Gasteiger charge is -2.56. The molecule has 0 amide bonds. The van der Waals surface area contributed by atoms with Crippen LogP contribution in [0.15, 0.2) is 28.7 Å². The molecule has 0 radical (unpaired) electrons. The van der Waals surface area contributed by atoms with Gasteiger partial charge in [-0.15, -0.1) is 10.2 Å². The summed E-state index contributed by atoms with van der Waals surface area (Å²) < 4.78 is 6.07. The SMILES string of the molecule is Cc1ccccc1-c1nnc(CC23CC4CC(CC(C4)C2)C3)o1. The van der Waals surface area contributed by atoms with Crippen LogP contribution in [-0.4, -0.2) is 10.2 Å². The minimum atomic E-state index is 0.463. The van der Waals surface area contributed by atoms with Gasteiger partial charge in [-0.05, 0) is 80.2 Å². The van der Waals surface area contributed by atoms with E-state index in [2.05, 4.69) is 29.3 Å². The maximum absolute atomic E-state index is 6.07. The standard InChI is InChI=1S/C20H24N2O/c1-13-4-2-3-5-17(13)19-22-21-18(23-19)12-20-9-14-6-15(10-20)8-16(7-14)11-20/h2-5,14-16H,6-12H2,1H3. The van der Waals surface area contributed by atoms with Gasteiger partial charge in [-0.3, -0.25) is 0 Å². The van der Waals surface area contributed by atoms with Crippen LogP contribution in [0.25, 0.3) is 11.5 Å². The fourth-order valence-electron chi connectivity index (χ4n) is 6.07. The van der Waals surface area contributed by atoms with E-state index in [0.29, 0.717) is 11.3 Å². The number of aromatic nitrogens is 2. The molecular weight excluding hydrogens is 284 g/mol. The zero-order valence-electron chi connectivity index (χ0n) is 13.8. The molecule has 1 aromatic carbocycles. The number of hydrogen-bond acceptors (Lipinski definition) is 3. The highest BCUT2D eigenvalue weighted by molar-refractivity contribution is 5.57. The number of benzene rings is 1. The van der Waals surface area contributed by atoms with Gasteiger partial charge in [0.25, 0.3) is 0 Å². The Labute approximate surface area is 137 Å². The first-order valence-corrected chi connectivity index (χ1v) is 9.07. The second-order valence-corrected chi connectivity index (χ2v) is 8.41. The van der Waals surface area contributed by atoms with Gasteiger partial charge >= 0.3 is 0 Å². The molecule has 0 N–H and O–H groups in total. The van der Waals surface area contributed by atoms with Crippen molar-refractivity contribution in [2.24, 2.45) is 23.2 Å². The predicted molar refractivity (Wildman–Crippen MR) is 88.8 cm³/mol. The molecule has 4 fully saturated rings. The van der Waals surface area contributed by atoms with Gasteiger partial charge in [-0.2, -0.15) is 0 Å². The Kier molecular flexibility index (Phi) is 2.95. The largest absolute Gasteiger partial charge is 0.421 e. The second-order valence-electron chi connectivity index (χ2n) is 8.41. The van der Waals surface area contributed by atoms with Gasteiger partial charge in [0.05, 0.1) is 0 Å². The van der Waals surface area contributed by atoms with Crippen LogP contribution in [0.3, 0.4) is 0 Å². The van der Waals surface area contributed by atoms with E-state index in [1.807, 2.05) is 12.1 Å². The topological polar surface area (TPSA) is 38.9 Å². The summed E-state index contributed by atoms with van der Waals surface area (Å²) in [5, 5.41) is 8.72. The van der Waals surface area contributed by atoms with Gasteiger partial charge in [0, 0.05) is 12.0 Å². The molecule has 23 heavy (non-hydrogen) atoms. The van der Waals surface area contributed by atoms with E-state index in [0.717, 1.165) is 35.6 Å². The van der Waals surface area contributed by atoms with Crippen molar-refractivity contribution in [3.05, 3.63) is 35.7 Å². The van der Waals surface area contributed by atoms with E-state index in [9.17, 15) is 0 Å². The smallest absolute Gasteiger partial charge is 0.247 e. The van der Waals surface area contributed by atoms with Crippen molar-refractivity contribution in [3.8, 4) is 11.5 Å². The Morgan fingerprint density at radius 3 is 2.30 bits per heavy atom. The zero-order valence-corrected chi connectivity index (χ0v) is 13.8. The third-order valence-corrected chi connectivity index (χ3v) is 6.53. The third kappa shape index (κ3) is 2.32. The Morgan fingerprint density at radius 2 is 1.65 bits per heavy atom. The van der Waals surface area contributed by atoms with E-state index in [1.54, 1.807) is 0 Å². The summed E-state index contributed by atoms with van der Waals surface area (Å²) in [5.41, 5.74) is 2.72. The average Bonchev–Trinajstić information content (AvgIpc) is 2.93. The minimum absolute atomic E-state index is 0.463. The summed E-state index contributed by atoms with van der Waals surface area (Å²) in [4.78, 5) is 0. The van der Waals surface area contributed by atoms with Crippen LogP contribution in [-0.2, 0) is 6.42 Å². The van der Waals surface area contributed by atoms with Crippen LogP contribution < -0.4 is 0 Å². The van der Waals surface area contributed by atoms with Crippen molar-refractivity contribution >= 4 is 0 Å². The Hall–Kier alpha value is -1.64. The van der Waals surface area contributed by atoms with Crippen molar-refractivity contribution in [1.29, 1.82) is 0 Å². The van der Waals surface area contributed by atoms with E-state index in [1.165, 1.54) is 44.1 Å². The van der Waals surface area contributed by atoms with Crippen LogP contribution >= 0.6 is 0 Å². The molecule has 6 rings (SSSR count). The molecule has 0 spiro atoms. The van der Waals surface area contributed by atoms with Crippen LogP contribution in [0.4, 0.5) is 0 Å². The summed E-state index contributed by atoms with van der Waals surface area (Å²) in [6, 6.07) is 8.24. The molecule has 4 aliphatic rings. The summed E-state index contributed by atoms with van der Waals surface area (Å²) in [6.45, 7) is 2.10. The molecule has 0 saturated heterocycles. The average molecular weight is 308 g/mol. The van der Waals surface area contributed by atoms with Gasteiger partial charge in [0.1, 0.15) is 0 Å². The van der Waals surface area contributed by atoms with Crippen molar-refractivity contribution in [2.45, 2.75) is 51.9 Å². The fraction of sp³-hybridized carbons (Fsp3) is 0.600. The molecule has 2 aromatic rings. The van der Waals surface area contributed by atoms with E-state index in [4.69, 9.17) is 4.42 Å². The molecule has 3 heteroatoms. The molecule has 3 nitrogen and oxygen atoms in total. The fourth-order valence-corrected chi connectivity index (χ4v) is 6.07. The zero-order chi connectivity index (χ0) is 15.4. The molecule has 1 aromatic heterocycles. The summed E-state index contributed by atoms with van der Waals surface area (Å²) >= 11 is 0. The summed E-state index contributed by atoms with van der Waals surface area (Å²) in [5.74, 6) is 4.45. The number of aryl methyl sites for hydroxylation is 1. The first-order chi connectivity index (χ1) is 11.2. The second kappa shape index (κ2) is 4.93. The minimum Gasteiger partial charge on any atom is -0.421 e. The first kappa shape index (κ1) is 13.8. The molecule has 4 bridgehead atoms. The lowest BCUT2D eigenvalue weighted by Crippen LogP contribution is -2.47. The van der Waals surface area contributed by atoms with Crippen molar-refractivity contribution < 1.29 is 4.42 Å². The first-order valence-electron chi connectivity index (χ1n) is 9.07. The molecule has 4 aliphatic carbocycles. The van der Waals surface area contributed by atoms with Gasteiger partial charge in [0.15, 0.2) is 0 Å². The van der Waals surface area contributed by atoms with Crippen molar-refractivity contribution in [2.75, 3.05) is 0 Å². The highest BCUT2D eigenvalue weighted by Crippen LogP contribution is 2.61. The normalized spacial score (nSPS) is 34.9. The van der Waals surface area contributed by atoms with Crippen molar-refractivity contribution in [1.82, 2.24) is 10.2 Å². The van der Waals surface area contributed by atoms with Crippen LogP contribution in [0.5, 0.6) is 0 Å². The number of hydrogen-bond donors (Lipinski definition) is 0. The molecule has 0 unspecified atom stereocenters. The molecule has 0 atom stereocenters.